The summed E-state index contributed by atoms with van der Waals surface area (Å²) in [6, 6.07) is 0. The van der Waals surface area contributed by atoms with Gasteiger partial charge in [-0.15, -0.1) is 0 Å². The molecule has 0 atom stereocenters. The Bertz CT molecular complexity index is 359. The molecule has 1 aliphatic rings. The molecule has 0 fully saturated rings. The maximum Gasteiger partial charge on any atom is 0.136 e. The van der Waals surface area contributed by atoms with Gasteiger partial charge in [0.1, 0.15) is 5.82 Å². The van der Waals surface area contributed by atoms with E-state index in [0.29, 0.717) is 0 Å². The third-order valence-electron chi connectivity index (χ3n) is 1.98. The molecule has 0 saturated carbocycles. The van der Waals surface area contributed by atoms with Gasteiger partial charge in [0.25, 0.3) is 0 Å². The lowest BCUT2D eigenvalue weighted by Gasteiger charge is -2.17. The summed E-state index contributed by atoms with van der Waals surface area (Å²) in [6.45, 7) is 3.83. The fraction of sp³-hybridized carbons (Fsp3) is 0.273. The summed E-state index contributed by atoms with van der Waals surface area (Å²) < 4.78 is 0. The summed E-state index contributed by atoms with van der Waals surface area (Å²) in [7, 11) is 3.84. The third-order valence-corrected chi connectivity index (χ3v) is 1.98. The van der Waals surface area contributed by atoms with E-state index in [4.69, 9.17) is 5.73 Å². The van der Waals surface area contributed by atoms with E-state index in [9.17, 15) is 0 Å². The highest BCUT2D eigenvalue weighted by Gasteiger charge is 2.11. The lowest BCUT2D eigenvalue weighted by Crippen LogP contribution is -2.16. The van der Waals surface area contributed by atoms with Crippen LogP contribution in [0.5, 0.6) is 0 Å². The molecule has 0 aromatic heterocycles. The Morgan fingerprint density at radius 3 is 2.60 bits per heavy atom. The Labute approximate surface area is 90.2 Å². The van der Waals surface area contributed by atoms with Crippen molar-refractivity contribution < 1.29 is 0 Å². The molecule has 4 heteroatoms. The zero-order chi connectivity index (χ0) is 11.3. The van der Waals surface area contributed by atoms with Gasteiger partial charge in [-0.3, -0.25) is 4.99 Å². The molecule has 0 saturated heterocycles. The monoisotopic (exact) mass is 204 g/mol. The van der Waals surface area contributed by atoms with Gasteiger partial charge in [-0.05, 0) is 18.9 Å². The second kappa shape index (κ2) is 5.26. The van der Waals surface area contributed by atoms with E-state index in [2.05, 4.69) is 16.7 Å². The van der Waals surface area contributed by atoms with Crippen molar-refractivity contribution in [3.63, 3.8) is 0 Å². The van der Waals surface area contributed by atoms with Crippen molar-refractivity contribution in [2.45, 2.75) is 0 Å². The summed E-state index contributed by atoms with van der Waals surface area (Å²) in [4.78, 5) is 10.1. The predicted molar refractivity (Wildman–Crippen MR) is 65.0 cm³/mol. The molecule has 4 nitrogen and oxygen atoms in total. The molecule has 0 aromatic carbocycles. The van der Waals surface area contributed by atoms with Crippen molar-refractivity contribution in [1.29, 1.82) is 0 Å². The zero-order valence-electron chi connectivity index (χ0n) is 9.14. The second-order valence-electron chi connectivity index (χ2n) is 3.23. The van der Waals surface area contributed by atoms with Crippen molar-refractivity contribution in [2.24, 2.45) is 15.7 Å². The van der Waals surface area contributed by atoms with Gasteiger partial charge in [0, 0.05) is 19.7 Å². The molecule has 2 N–H and O–H groups in total. The fourth-order valence-corrected chi connectivity index (χ4v) is 1.37. The van der Waals surface area contributed by atoms with E-state index >= 15 is 0 Å². The van der Waals surface area contributed by atoms with Gasteiger partial charge in [0.15, 0.2) is 0 Å². The quantitative estimate of drug-likeness (QED) is 0.696. The number of hydrogen-bond donors (Lipinski definition) is 1. The summed E-state index contributed by atoms with van der Waals surface area (Å²) in [5.74, 6) is 0.794. The minimum Gasteiger partial charge on any atom is -0.362 e. The smallest absolute Gasteiger partial charge is 0.136 e. The number of allylic oxidation sites excluding steroid dienone is 5. The van der Waals surface area contributed by atoms with Crippen molar-refractivity contribution in [3.05, 3.63) is 35.7 Å². The molecule has 15 heavy (non-hydrogen) atoms. The van der Waals surface area contributed by atoms with Crippen LogP contribution in [-0.4, -0.2) is 38.1 Å². The number of nitrogens with two attached hydrogens (primary N) is 1. The van der Waals surface area contributed by atoms with Crippen LogP contribution in [0.15, 0.2) is 45.7 Å². The Morgan fingerprint density at radius 2 is 2.07 bits per heavy atom. The van der Waals surface area contributed by atoms with E-state index in [-0.39, 0.29) is 6.67 Å². The van der Waals surface area contributed by atoms with Gasteiger partial charge < -0.3 is 10.6 Å². The highest BCUT2D eigenvalue weighted by molar-refractivity contribution is 6.12. The first-order chi connectivity index (χ1) is 7.20. The van der Waals surface area contributed by atoms with E-state index in [1.165, 1.54) is 0 Å². The van der Waals surface area contributed by atoms with Gasteiger partial charge >= 0.3 is 0 Å². The van der Waals surface area contributed by atoms with Crippen LogP contribution in [0.2, 0.25) is 0 Å². The molecular formula is C11H16N4. The molecular weight excluding hydrogens is 188 g/mol. The maximum atomic E-state index is 5.41. The van der Waals surface area contributed by atoms with E-state index < -0.39 is 0 Å². The van der Waals surface area contributed by atoms with E-state index in [1.807, 2.05) is 43.3 Å². The number of rotatable bonds is 3. The standard InChI is InChI=1S/C11H16N4/c1-13-11(15(2)3)9-6-4-5-7-10(9)14-8-12/h4-7H,1,8,12H2,2-3H3/b11-9+,14-10-. The van der Waals surface area contributed by atoms with Gasteiger partial charge in [0.2, 0.25) is 0 Å². The average Bonchev–Trinajstić information content (AvgIpc) is 2.21. The molecule has 1 rings (SSSR count). The number of nitrogens with zero attached hydrogens (tertiary/aromatic N) is 3. The molecule has 1 aliphatic carbocycles. The third kappa shape index (κ3) is 2.63. The average molecular weight is 204 g/mol. The SMILES string of the molecule is C=N/C(=C1/C=CC=C/C1=N/CN)N(C)C. The van der Waals surface area contributed by atoms with Crippen LogP contribution in [0.25, 0.3) is 0 Å². The lowest BCUT2D eigenvalue weighted by molar-refractivity contribution is 0.505. The normalized spacial score (nSPS) is 20.6. The molecule has 80 valence electrons. The minimum atomic E-state index is 0.273. The molecule has 0 aliphatic heterocycles. The van der Waals surface area contributed by atoms with Crippen LogP contribution in [-0.2, 0) is 0 Å². The second-order valence-corrected chi connectivity index (χ2v) is 3.23. The topological polar surface area (TPSA) is 54.0 Å². The van der Waals surface area contributed by atoms with Gasteiger partial charge in [-0.1, -0.05) is 12.2 Å². The Hall–Kier alpha value is -1.68. The van der Waals surface area contributed by atoms with Crippen LogP contribution in [0.1, 0.15) is 0 Å². The van der Waals surface area contributed by atoms with Crippen molar-refractivity contribution in [1.82, 2.24) is 4.90 Å². The molecule has 0 bridgehead atoms. The molecule has 0 unspecified atom stereocenters. The maximum absolute atomic E-state index is 5.41. The highest BCUT2D eigenvalue weighted by atomic mass is 15.2. The first-order valence-corrected chi connectivity index (χ1v) is 4.68. The fourth-order valence-electron chi connectivity index (χ4n) is 1.37. The van der Waals surface area contributed by atoms with Crippen LogP contribution in [0, 0.1) is 0 Å². The Balaban J connectivity index is 3.20. The van der Waals surface area contributed by atoms with Crippen molar-refractivity contribution in [2.75, 3.05) is 20.8 Å². The van der Waals surface area contributed by atoms with Crippen molar-refractivity contribution >= 4 is 12.4 Å². The zero-order valence-corrected chi connectivity index (χ0v) is 9.14. The summed E-state index contributed by atoms with van der Waals surface area (Å²) in [5, 5.41) is 0. The molecule has 0 aromatic rings. The van der Waals surface area contributed by atoms with E-state index in [1.54, 1.807) is 0 Å². The highest BCUT2D eigenvalue weighted by Crippen LogP contribution is 2.16. The van der Waals surface area contributed by atoms with Crippen LogP contribution in [0.4, 0.5) is 0 Å². The molecule has 0 spiro atoms. The lowest BCUT2D eigenvalue weighted by atomic mass is 10.1. The minimum absolute atomic E-state index is 0.273. The van der Waals surface area contributed by atoms with Crippen LogP contribution >= 0.6 is 0 Å². The van der Waals surface area contributed by atoms with Crippen LogP contribution < -0.4 is 5.73 Å². The Kier molecular flexibility index (Phi) is 4.00. The number of aliphatic imine (C=N–C) groups is 2. The molecule has 0 heterocycles. The molecule has 0 radical (unpaired) electrons. The largest absolute Gasteiger partial charge is 0.362 e. The summed E-state index contributed by atoms with van der Waals surface area (Å²) >= 11 is 0. The number of hydrogen-bond acceptors (Lipinski definition) is 4. The van der Waals surface area contributed by atoms with Gasteiger partial charge in [0.05, 0.1) is 12.4 Å². The van der Waals surface area contributed by atoms with Gasteiger partial charge in [-0.25, -0.2) is 4.99 Å². The Morgan fingerprint density at radius 1 is 1.40 bits per heavy atom. The predicted octanol–water partition coefficient (Wildman–Crippen LogP) is 0.943. The van der Waals surface area contributed by atoms with Gasteiger partial charge in [-0.2, -0.15) is 0 Å². The first-order valence-electron chi connectivity index (χ1n) is 4.68. The summed E-state index contributed by atoms with van der Waals surface area (Å²) in [5.41, 5.74) is 7.20. The van der Waals surface area contributed by atoms with Crippen molar-refractivity contribution in [3.8, 4) is 0 Å². The van der Waals surface area contributed by atoms with Crippen LogP contribution in [0.3, 0.4) is 0 Å². The first kappa shape index (κ1) is 11.4. The van der Waals surface area contributed by atoms with E-state index in [0.717, 1.165) is 17.1 Å². The molecule has 0 amide bonds. The summed E-state index contributed by atoms with van der Waals surface area (Å²) in [6.07, 6.45) is 7.74.